The fraction of sp³-hybridized carbons (Fsp3) is 0.240. The summed E-state index contributed by atoms with van der Waals surface area (Å²) in [7, 11) is 1.64. The van der Waals surface area contributed by atoms with E-state index in [2.05, 4.69) is 4.90 Å². The SMILES string of the molecule is COc1ccccc1N1CCN(C(=O)c2ccccc2-c2ccc(C(F)(F)F)cc2)CC1. The third kappa shape index (κ3) is 4.42. The Labute approximate surface area is 184 Å². The Kier molecular flexibility index (Phi) is 6.08. The van der Waals surface area contributed by atoms with Crippen molar-refractivity contribution in [2.24, 2.45) is 0 Å². The molecule has 3 aromatic carbocycles. The number of methoxy groups -OCH3 is 1. The van der Waals surface area contributed by atoms with Crippen molar-refractivity contribution in [2.75, 3.05) is 38.2 Å². The first kappa shape index (κ1) is 21.7. The number of halogens is 3. The van der Waals surface area contributed by atoms with E-state index in [-0.39, 0.29) is 5.91 Å². The van der Waals surface area contributed by atoms with Crippen LogP contribution in [0.15, 0.2) is 72.8 Å². The Morgan fingerprint density at radius 3 is 2.12 bits per heavy atom. The van der Waals surface area contributed by atoms with Crippen molar-refractivity contribution in [3.63, 3.8) is 0 Å². The third-order valence-electron chi connectivity index (χ3n) is 5.67. The molecule has 4 nitrogen and oxygen atoms in total. The number of hydrogen-bond acceptors (Lipinski definition) is 3. The Morgan fingerprint density at radius 1 is 0.844 bits per heavy atom. The molecule has 0 spiro atoms. The van der Waals surface area contributed by atoms with E-state index in [1.807, 2.05) is 24.3 Å². The highest BCUT2D eigenvalue weighted by Crippen LogP contribution is 2.33. The van der Waals surface area contributed by atoms with Crippen LogP contribution in [-0.4, -0.2) is 44.1 Å². The highest BCUT2D eigenvalue weighted by Gasteiger charge is 2.30. The van der Waals surface area contributed by atoms with Gasteiger partial charge in [0.25, 0.3) is 5.91 Å². The van der Waals surface area contributed by atoms with Crippen molar-refractivity contribution < 1.29 is 22.7 Å². The summed E-state index contributed by atoms with van der Waals surface area (Å²) >= 11 is 0. The van der Waals surface area contributed by atoms with Crippen molar-refractivity contribution in [1.29, 1.82) is 0 Å². The molecule has 0 bridgehead atoms. The second-order valence-electron chi connectivity index (χ2n) is 7.57. The lowest BCUT2D eigenvalue weighted by Gasteiger charge is -2.37. The zero-order valence-corrected chi connectivity index (χ0v) is 17.6. The molecule has 7 heteroatoms. The van der Waals surface area contributed by atoms with Gasteiger partial charge in [0.1, 0.15) is 5.75 Å². The monoisotopic (exact) mass is 440 g/mol. The zero-order chi connectivity index (χ0) is 22.7. The predicted octanol–water partition coefficient (Wildman–Crippen LogP) is 5.34. The van der Waals surface area contributed by atoms with Crippen LogP contribution in [0.3, 0.4) is 0 Å². The summed E-state index contributed by atoms with van der Waals surface area (Å²) < 4.78 is 44.1. The minimum Gasteiger partial charge on any atom is -0.495 e. The van der Waals surface area contributed by atoms with Crippen molar-refractivity contribution in [2.45, 2.75) is 6.18 Å². The number of nitrogens with zero attached hydrogens (tertiary/aromatic N) is 2. The van der Waals surface area contributed by atoms with Crippen LogP contribution in [0.4, 0.5) is 18.9 Å². The highest BCUT2D eigenvalue weighted by atomic mass is 19.4. The normalized spacial score (nSPS) is 14.4. The van der Waals surface area contributed by atoms with Crippen LogP contribution in [0, 0.1) is 0 Å². The van der Waals surface area contributed by atoms with E-state index in [9.17, 15) is 18.0 Å². The van der Waals surface area contributed by atoms with E-state index in [0.29, 0.717) is 42.9 Å². The second-order valence-corrected chi connectivity index (χ2v) is 7.57. The van der Waals surface area contributed by atoms with Crippen LogP contribution in [0.25, 0.3) is 11.1 Å². The number of anilines is 1. The number of piperazine rings is 1. The van der Waals surface area contributed by atoms with Gasteiger partial charge in [0.15, 0.2) is 0 Å². The molecule has 1 amide bonds. The van der Waals surface area contributed by atoms with E-state index in [1.54, 1.807) is 36.3 Å². The molecule has 1 aliphatic heterocycles. The number of benzene rings is 3. The van der Waals surface area contributed by atoms with Crippen LogP contribution in [0.2, 0.25) is 0 Å². The van der Waals surface area contributed by atoms with Gasteiger partial charge in [0.2, 0.25) is 0 Å². The maximum atomic E-state index is 13.3. The summed E-state index contributed by atoms with van der Waals surface area (Å²) in [6, 6.07) is 19.7. The van der Waals surface area contributed by atoms with Crippen LogP contribution in [0.5, 0.6) is 5.75 Å². The Balaban J connectivity index is 1.52. The number of ether oxygens (including phenoxy) is 1. The van der Waals surface area contributed by atoms with E-state index in [0.717, 1.165) is 23.6 Å². The quantitative estimate of drug-likeness (QED) is 0.549. The standard InChI is InChI=1S/C25H23F3N2O2/c1-32-23-9-5-4-8-22(23)29-14-16-30(17-15-29)24(31)21-7-3-2-6-20(21)18-10-12-19(13-11-18)25(26,27)28/h2-13H,14-17H2,1H3. The van der Waals surface area contributed by atoms with Gasteiger partial charge in [-0.15, -0.1) is 0 Å². The molecule has 0 aliphatic carbocycles. The molecule has 32 heavy (non-hydrogen) atoms. The molecule has 0 radical (unpaired) electrons. The summed E-state index contributed by atoms with van der Waals surface area (Å²) in [6.07, 6.45) is -4.39. The largest absolute Gasteiger partial charge is 0.495 e. The number of carbonyl (C=O) groups is 1. The zero-order valence-electron chi connectivity index (χ0n) is 17.6. The average molecular weight is 440 g/mol. The minimum absolute atomic E-state index is 0.125. The smallest absolute Gasteiger partial charge is 0.416 e. The first-order valence-corrected chi connectivity index (χ1v) is 10.3. The summed E-state index contributed by atoms with van der Waals surface area (Å²) in [5.74, 6) is 0.667. The lowest BCUT2D eigenvalue weighted by molar-refractivity contribution is -0.137. The molecule has 1 saturated heterocycles. The van der Waals surface area contributed by atoms with Gasteiger partial charge in [-0.25, -0.2) is 0 Å². The topological polar surface area (TPSA) is 32.8 Å². The Hall–Kier alpha value is -3.48. The summed E-state index contributed by atoms with van der Waals surface area (Å²) in [5.41, 5.74) is 1.97. The van der Waals surface area contributed by atoms with Crippen LogP contribution in [0.1, 0.15) is 15.9 Å². The van der Waals surface area contributed by atoms with E-state index >= 15 is 0 Å². The highest BCUT2D eigenvalue weighted by molar-refractivity contribution is 6.01. The lowest BCUT2D eigenvalue weighted by atomic mass is 9.97. The third-order valence-corrected chi connectivity index (χ3v) is 5.67. The maximum Gasteiger partial charge on any atom is 0.416 e. The molecule has 3 aromatic rings. The molecular formula is C25H23F3N2O2. The molecular weight excluding hydrogens is 417 g/mol. The molecule has 0 saturated carbocycles. The fourth-order valence-electron chi connectivity index (χ4n) is 3.97. The van der Waals surface area contributed by atoms with Crippen LogP contribution >= 0.6 is 0 Å². The number of alkyl halides is 3. The van der Waals surface area contributed by atoms with Crippen molar-refractivity contribution in [3.8, 4) is 16.9 Å². The Bertz CT molecular complexity index is 1090. The molecule has 0 aromatic heterocycles. The maximum absolute atomic E-state index is 13.3. The first-order chi connectivity index (χ1) is 15.4. The van der Waals surface area contributed by atoms with Crippen LogP contribution < -0.4 is 9.64 Å². The number of hydrogen-bond donors (Lipinski definition) is 0. The van der Waals surface area contributed by atoms with Gasteiger partial charge >= 0.3 is 6.18 Å². The van der Waals surface area contributed by atoms with Crippen molar-refractivity contribution in [1.82, 2.24) is 4.90 Å². The van der Waals surface area contributed by atoms with Gasteiger partial charge in [0.05, 0.1) is 18.4 Å². The molecule has 0 N–H and O–H groups in total. The minimum atomic E-state index is -4.39. The summed E-state index contributed by atoms with van der Waals surface area (Å²) in [5, 5.41) is 0. The fourth-order valence-corrected chi connectivity index (χ4v) is 3.97. The van der Waals surface area contributed by atoms with Crippen molar-refractivity contribution in [3.05, 3.63) is 83.9 Å². The van der Waals surface area contributed by atoms with Gasteiger partial charge in [-0.3, -0.25) is 4.79 Å². The molecule has 166 valence electrons. The van der Waals surface area contributed by atoms with Gasteiger partial charge < -0.3 is 14.5 Å². The van der Waals surface area contributed by atoms with Gasteiger partial charge in [-0.05, 0) is 41.5 Å². The van der Waals surface area contributed by atoms with E-state index in [4.69, 9.17) is 4.74 Å². The molecule has 0 atom stereocenters. The van der Waals surface area contributed by atoms with Gasteiger partial charge in [-0.1, -0.05) is 42.5 Å². The van der Waals surface area contributed by atoms with Gasteiger partial charge in [0, 0.05) is 31.7 Å². The van der Waals surface area contributed by atoms with Crippen LogP contribution in [-0.2, 0) is 6.18 Å². The number of rotatable bonds is 4. The average Bonchev–Trinajstić information content (AvgIpc) is 2.83. The number of amides is 1. The van der Waals surface area contributed by atoms with E-state index < -0.39 is 11.7 Å². The second kappa shape index (κ2) is 8.94. The van der Waals surface area contributed by atoms with Gasteiger partial charge in [-0.2, -0.15) is 13.2 Å². The summed E-state index contributed by atoms with van der Waals surface area (Å²) in [6.45, 7) is 2.40. The van der Waals surface area contributed by atoms with Crippen molar-refractivity contribution >= 4 is 11.6 Å². The molecule has 0 unspecified atom stereocenters. The molecule has 1 heterocycles. The molecule has 1 aliphatic rings. The molecule has 4 rings (SSSR count). The lowest BCUT2D eigenvalue weighted by Crippen LogP contribution is -2.49. The summed E-state index contributed by atoms with van der Waals surface area (Å²) in [4.78, 5) is 17.3. The Morgan fingerprint density at radius 2 is 1.47 bits per heavy atom. The predicted molar refractivity (Wildman–Crippen MR) is 118 cm³/mol. The molecule has 1 fully saturated rings. The van der Waals surface area contributed by atoms with E-state index in [1.165, 1.54) is 12.1 Å². The first-order valence-electron chi connectivity index (χ1n) is 10.3. The number of carbonyl (C=O) groups excluding carboxylic acids is 1. The number of para-hydroxylation sites is 2.